The van der Waals surface area contributed by atoms with Crippen LogP contribution in [0.25, 0.3) is 64.6 Å². The van der Waals surface area contributed by atoms with Gasteiger partial charge >= 0.3 is 0 Å². The van der Waals surface area contributed by atoms with Gasteiger partial charge in [-0.05, 0) is 115 Å². The molecule has 0 aromatic heterocycles. The molecule has 0 radical (unpaired) electrons. The quantitative estimate of drug-likeness (QED) is 0.182. The summed E-state index contributed by atoms with van der Waals surface area (Å²) in [6, 6.07) is 23.0. The normalized spacial score (nSPS) is 12.7. The molecule has 0 saturated heterocycles. The van der Waals surface area contributed by atoms with Gasteiger partial charge in [-0.25, -0.2) is 0 Å². The lowest BCUT2D eigenvalue weighted by Crippen LogP contribution is -1.97. The van der Waals surface area contributed by atoms with E-state index in [-0.39, 0.29) is 0 Å². The SMILES string of the molecule is Cc1cc2cccc3cc(C)c4c5c(C)cc6cccc7cc(C)c(c1c4c23)c5c76. The van der Waals surface area contributed by atoms with Crippen molar-refractivity contribution < 1.29 is 0 Å². The molecule has 0 atom stereocenters. The standard InChI is InChI=1S/C30H22/c1-15-11-19-7-5-8-20-13-17(3)25-26-18(4)14-22-10-6-9-21-12-16(2)24(30(26)28(21)22)23(15)29(25)27(19)20/h5-14H,1-4H3. The molecule has 0 aliphatic rings. The highest BCUT2D eigenvalue weighted by Crippen LogP contribution is 2.49. The minimum Gasteiger partial charge on any atom is -0.0610 e. The van der Waals surface area contributed by atoms with Crippen molar-refractivity contribution in [2.24, 2.45) is 0 Å². The van der Waals surface area contributed by atoms with Crippen LogP contribution in [0.4, 0.5) is 0 Å². The molecule has 7 aromatic rings. The zero-order chi connectivity index (χ0) is 20.3. The maximum absolute atomic E-state index is 2.39. The van der Waals surface area contributed by atoms with Gasteiger partial charge in [0.1, 0.15) is 0 Å². The van der Waals surface area contributed by atoms with Crippen molar-refractivity contribution in [1.82, 2.24) is 0 Å². The molecule has 30 heavy (non-hydrogen) atoms. The molecule has 142 valence electrons. The second-order valence-corrected chi connectivity index (χ2v) is 9.18. The Morgan fingerprint density at radius 1 is 0.333 bits per heavy atom. The van der Waals surface area contributed by atoms with Gasteiger partial charge in [0.05, 0.1) is 0 Å². The molecule has 0 aliphatic carbocycles. The molecular formula is C30H22. The molecule has 0 unspecified atom stereocenters. The van der Waals surface area contributed by atoms with Gasteiger partial charge < -0.3 is 0 Å². The van der Waals surface area contributed by atoms with Crippen LogP contribution in [0.15, 0.2) is 60.7 Å². The highest BCUT2D eigenvalue weighted by atomic mass is 14.2. The summed E-state index contributed by atoms with van der Waals surface area (Å²) < 4.78 is 0. The lowest BCUT2D eigenvalue weighted by atomic mass is 9.80. The summed E-state index contributed by atoms with van der Waals surface area (Å²) in [5.41, 5.74) is 5.52. The highest BCUT2D eigenvalue weighted by molar-refractivity contribution is 6.41. The van der Waals surface area contributed by atoms with E-state index < -0.39 is 0 Å². The fraction of sp³-hybridized carbons (Fsp3) is 0.133. The van der Waals surface area contributed by atoms with Crippen molar-refractivity contribution in [2.45, 2.75) is 27.7 Å². The van der Waals surface area contributed by atoms with E-state index in [1.807, 2.05) is 0 Å². The molecule has 7 aromatic carbocycles. The van der Waals surface area contributed by atoms with Crippen LogP contribution in [0.3, 0.4) is 0 Å². The van der Waals surface area contributed by atoms with Crippen molar-refractivity contribution in [3.05, 3.63) is 82.9 Å². The monoisotopic (exact) mass is 382 g/mol. The minimum absolute atomic E-state index is 1.35. The van der Waals surface area contributed by atoms with E-state index in [2.05, 4.69) is 88.4 Å². The number of fused-ring (bicyclic) bond motifs is 2. The van der Waals surface area contributed by atoms with E-state index in [0.29, 0.717) is 0 Å². The lowest BCUT2D eigenvalue weighted by Gasteiger charge is -2.23. The van der Waals surface area contributed by atoms with E-state index in [9.17, 15) is 0 Å². The summed E-state index contributed by atoms with van der Waals surface area (Å²) in [5, 5.41) is 16.9. The van der Waals surface area contributed by atoms with Crippen LogP contribution in [-0.2, 0) is 0 Å². The van der Waals surface area contributed by atoms with Crippen molar-refractivity contribution in [3.63, 3.8) is 0 Å². The Hall–Kier alpha value is -3.38. The van der Waals surface area contributed by atoms with E-state index >= 15 is 0 Å². The van der Waals surface area contributed by atoms with Gasteiger partial charge in [0.15, 0.2) is 0 Å². The Bertz CT molecular complexity index is 1560. The first kappa shape index (κ1) is 16.4. The number of hydrogen-bond acceptors (Lipinski definition) is 0. The summed E-state index contributed by atoms with van der Waals surface area (Å²) in [5.74, 6) is 0. The first-order valence-corrected chi connectivity index (χ1v) is 10.8. The number of aryl methyl sites for hydroxylation is 4. The van der Waals surface area contributed by atoms with Crippen LogP contribution < -0.4 is 0 Å². The van der Waals surface area contributed by atoms with Crippen LogP contribution in [0, 0.1) is 27.7 Å². The van der Waals surface area contributed by atoms with Crippen LogP contribution in [-0.4, -0.2) is 0 Å². The largest absolute Gasteiger partial charge is 0.0610 e. The molecule has 0 saturated carbocycles. The van der Waals surface area contributed by atoms with Crippen LogP contribution in [0.2, 0.25) is 0 Å². The summed E-state index contributed by atoms with van der Waals surface area (Å²) in [7, 11) is 0. The summed E-state index contributed by atoms with van der Waals surface area (Å²) in [6.45, 7) is 9.17. The Morgan fingerprint density at radius 3 is 0.867 bits per heavy atom. The Balaban J connectivity index is 2.02. The van der Waals surface area contributed by atoms with Crippen molar-refractivity contribution in [1.29, 1.82) is 0 Å². The predicted molar refractivity (Wildman–Crippen MR) is 133 cm³/mol. The smallest absolute Gasteiger partial charge is 0.000878 e. The van der Waals surface area contributed by atoms with Gasteiger partial charge in [-0.2, -0.15) is 0 Å². The average molecular weight is 383 g/mol. The fourth-order valence-electron chi connectivity index (χ4n) is 6.29. The Kier molecular flexibility index (Phi) is 2.85. The van der Waals surface area contributed by atoms with E-state index in [0.717, 1.165) is 0 Å². The molecule has 0 nitrogen and oxygen atoms in total. The zero-order valence-corrected chi connectivity index (χ0v) is 17.8. The molecule has 7 rings (SSSR count). The van der Waals surface area contributed by atoms with E-state index in [1.54, 1.807) is 0 Å². The second-order valence-electron chi connectivity index (χ2n) is 9.18. The van der Waals surface area contributed by atoms with Crippen molar-refractivity contribution in [2.75, 3.05) is 0 Å². The number of rotatable bonds is 0. The first-order chi connectivity index (χ1) is 14.5. The number of hydrogen-bond donors (Lipinski definition) is 0. The third-order valence-corrected chi connectivity index (χ3v) is 7.32. The van der Waals surface area contributed by atoms with Gasteiger partial charge in [0.25, 0.3) is 0 Å². The molecule has 0 aliphatic heterocycles. The third-order valence-electron chi connectivity index (χ3n) is 7.32. The Labute approximate surface area is 175 Å². The zero-order valence-electron chi connectivity index (χ0n) is 17.8. The van der Waals surface area contributed by atoms with Crippen LogP contribution >= 0.6 is 0 Å². The van der Waals surface area contributed by atoms with Gasteiger partial charge in [-0.15, -0.1) is 0 Å². The van der Waals surface area contributed by atoms with E-state index in [1.165, 1.54) is 86.9 Å². The summed E-state index contributed by atoms with van der Waals surface area (Å²) in [6.07, 6.45) is 0. The molecule has 0 amide bonds. The maximum Gasteiger partial charge on any atom is -0.000878 e. The first-order valence-electron chi connectivity index (χ1n) is 10.8. The van der Waals surface area contributed by atoms with Gasteiger partial charge in [0.2, 0.25) is 0 Å². The fourth-order valence-corrected chi connectivity index (χ4v) is 6.29. The van der Waals surface area contributed by atoms with E-state index in [4.69, 9.17) is 0 Å². The maximum atomic E-state index is 2.39. The van der Waals surface area contributed by atoms with Crippen LogP contribution in [0.5, 0.6) is 0 Å². The van der Waals surface area contributed by atoms with Crippen LogP contribution in [0.1, 0.15) is 22.3 Å². The molecule has 0 N–H and O–H groups in total. The minimum atomic E-state index is 1.35. The van der Waals surface area contributed by atoms with Gasteiger partial charge in [-0.1, -0.05) is 60.7 Å². The summed E-state index contributed by atoms with van der Waals surface area (Å²) in [4.78, 5) is 0. The average Bonchev–Trinajstić information content (AvgIpc) is 2.71. The van der Waals surface area contributed by atoms with Crippen molar-refractivity contribution >= 4 is 64.6 Å². The molecule has 0 heteroatoms. The highest BCUT2D eigenvalue weighted by Gasteiger charge is 2.22. The Morgan fingerprint density at radius 2 is 0.600 bits per heavy atom. The lowest BCUT2D eigenvalue weighted by molar-refractivity contribution is 1.51. The predicted octanol–water partition coefficient (Wildman–Crippen LogP) is 8.72. The molecule has 0 spiro atoms. The number of benzene rings is 7. The summed E-state index contributed by atoms with van der Waals surface area (Å²) >= 11 is 0. The van der Waals surface area contributed by atoms with Gasteiger partial charge in [0, 0.05) is 0 Å². The second kappa shape index (κ2) is 5.21. The third kappa shape index (κ3) is 1.75. The molecule has 0 heterocycles. The van der Waals surface area contributed by atoms with Crippen molar-refractivity contribution in [3.8, 4) is 0 Å². The van der Waals surface area contributed by atoms with Gasteiger partial charge in [-0.3, -0.25) is 0 Å². The topological polar surface area (TPSA) is 0 Å². The molecule has 0 bridgehead atoms. The molecule has 0 fully saturated rings. The molecular weight excluding hydrogens is 360 g/mol.